The third-order valence-electron chi connectivity index (χ3n) is 4.27. The predicted molar refractivity (Wildman–Crippen MR) is 118 cm³/mol. The number of hydrogen-bond donors (Lipinski definition) is 1. The highest BCUT2D eigenvalue weighted by molar-refractivity contribution is 7.99. The summed E-state index contributed by atoms with van der Waals surface area (Å²) in [5, 5.41) is 11.5. The number of nitrogens with one attached hydrogen (secondary N) is 1. The quantitative estimate of drug-likeness (QED) is 0.368. The number of rotatable bonds is 10. The van der Waals surface area contributed by atoms with Crippen LogP contribution in [0.2, 0.25) is 0 Å². The van der Waals surface area contributed by atoms with Crippen molar-refractivity contribution < 1.29 is 18.7 Å². The van der Waals surface area contributed by atoms with Gasteiger partial charge in [-0.05, 0) is 31.2 Å². The van der Waals surface area contributed by atoms with Crippen LogP contribution in [0.1, 0.15) is 18.9 Å². The van der Waals surface area contributed by atoms with Crippen molar-refractivity contribution >= 4 is 23.4 Å². The number of hydrogen-bond acceptors (Lipinski definition) is 6. The molecule has 1 unspecified atom stereocenters. The molecule has 3 aromatic rings. The number of methoxy groups -OCH3 is 1. The first-order valence-electron chi connectivity index (χ1n) is 9.54. The molecule has 1 aromatic heterocycles. The minimum atomic E-state index is -0.486. The van der Waals surface area contributed by atoms with E-state index in [1.807, 2.05) is 35.8 Å². The van der Waals surface area contributed by atoms with E-state index in [1.54, 1.807) is 25.3 Å². The van der Waals surface area contributed by atoms with E-state index in [-0.39, 0.29) is 17.3 Å². The molecule has 0 spiro atoms. The highest BCUT2D eigenvalue weighted by Gasteiger charge is 2.21. The molecule has 7 nitrogen and oxygen atoms in total. The Balaban J connectivity index is 1.70. The minimum absolute atomic E-state index is 0.0470. The van der Waals surface area contributed by atoms with Gasteiger partial charge in [-0.3, -0.25) is 9.36 Å². The van der Waals surface area contributed by atoms with Crippen molar-refractivity contribution in [1.29, 1.82) is 0 Å². The molecule has 2 aromatic carbocycles. The molecule has 0 aliphatic heterocycles. The second-order valence-corrected chi connectivity index (χ2v) is 7.41. The lowest BCUT2D eigenvalue weighted by Crippen LogP contribution is -2.16. The van der Waals surface area contributed by atoms with Crippen LogP contribution in [-0.2, 0) is 11.3 Å². The molecule has 31 heavy (non-hydrogen) atoms. The average Bonchev–Trinajstić information content (AvgIpc) is 3.17. The fourth-order valence-corrected chi connectivity index (χ4v) is 3.60. The van der Waals surface area contributed by atoms with E-state index in [4.69, 9.17) is 9.47 Å². The summed E-state index contributed by atoms with van der Waals surface area (Å²) in [6.45, 7) is 6.08. The average molecular weight is 443 g/mol. The van der Waals surface area contributed by atoms with Gasteiger partial charge in [0.05, 0.1) is 18.6 Å². The largest absolute Gasteiger partial charge is 0.493 e. The Labute approximate surface area is 184 Å². The lowest BCUT2D eigenvalue weighted by molar-refractivity contribution is -0.113. The third kappa shape index (κ3) is 5.64. The van der Waals surface area contributed by atoms with Crippen LogP contribution in [0.25, 0.3) is 0 Å². The summed E-state index contributed by atoms with van der Waals surface area (Å²) in [6.07, 6.45) is 1.29. The number of carbonyl (C=O) groups excluding carboxylic acids is 1. The van der Waals surface area contributed by atoms with Crippen LogP contribution in [0, 0.1) is 5.82 Å². The first-order chi connectivity index (χ1) is 15.0. The van der Waals surface area contributed by atoms with Crippen LogP contribution in [0.4, 0.5) is 10.1 Å². The highest BCUT2D eigenvalue weighted by atomic mass is 32.2. The maximum absolute atomic E-state index is 13.7. The normalized spacial score (nSPS) is 11.6. The number of halogens is 1. The fraction of sp³-hybridized carbons (Fsp3) is 0.227. The second-order valence-electron chi connectivity index (χ2n) is 6.47. The molecule has 0 saturated heterocycles. The van der Waals surface area contributed by atoms with Crippen molar-refractivity contribution in [1.82, 2.24) is 14.8 Å². The van der Waals surface area contributed by atoms with Crippen molar-refractivity contribution in [2.75, 3.05) is 18.2 Å². The number of nitrogens with zero attached hydrogens (tertiary/aromatic N) is 3. The van der Waals surface area contributed by atoms with Gasteiger partial charge >= 0.3 is 0 Å². The van der Waals surface area contributed by atoms with Crippen molar-refractivity contribution in [2.45, 2.75) is 24.7 Å². The van der Waals surface area contributed by atoms with Crippen LogP contribution in [0.3, 0.4) is 0 Å². The van der Waals surface area contributed by atoms with Crippen molar-refractivity contribution in [2.24, 2.45) is 0 Å². The zero-order chi connectivity index (χ0) is 22.2. The fourth-order valence-electron chi connectivity index (χ4n) is 2.85. The minimum Gasteiger partial charge on any atom is -0.493 e. The molecular formula is C22H23FN4O3S. The Bertz CT molecular complexity index is 1060. The summed E-state index contributed by atoms with van der Waals surface area (Å²) in [4.78, 5) is 12.2. The number of thioether (sulfide) groups is 1. The number of benzene rings is 2. The lowest BCUT2D eigenvalue weighted by Gasteiger charge is -2.17. The first kappa shape index (κ1) is 22.4. The van der Waals surface area contributed by atoms with Crippen LogP contribution >= 0.6 is 11.8 Å². The summed E-state index contributed by atoms with van der Waals surface area (Å²) in [6, 6.07) is 13.4. The molecule has 1 N–H and O–H groups in total. The molecule has 0 fully saturated rings. The first-order valence-corrected chi connectivity index (χ1v) is 10.5. The topological polar surface area (TPSA) is 78.3 Å². The molecule has 0 saturated carbocycles. The predicted octanol–water partition coefficient (Wildman–Crippen LogP) is 4.48. The standard InChI is InChI=1S/C22H23FN4O3S/c1-4-13-27-21(15(2)30-19-12-8-7-11-18(19)29-3)25-26-22(27)31-14-20(28)24-17-10-6-5-9-16(17)23/h4-12,15H,1,13-14H2,2-3H3,(H,24,28). The summed E-state index contributed by atoms with van der Waals surface area (Å²) >= 11 is 1.20. The van der Waals surface area contributed by atoms with Gasteiger partial charge in [-0.1, -0.05) is 42.1 Å². The van der Waals surface area contributed by atoms with Gasteiger partial charge in [0, 0.05) is 6.54 Å². The lowest BCUT2D eigenvalue weighted by atomic mass is 10.3. The summed E-state index contributed by atoms with van der Waals surface area (Å²) in [5.74, 6) is 1.00. The smallest absolute Gasteiger partial charge is 0.234 e. The Morgan fingerprint density at radius 1 is 1.23 bits per heavy atom. The van der Waals surface area contributed by atoms with Gasteiger partial charge in [0.25, 0.3) is 0 Å². The van der Waals surface area contributed by atoms with Crippen LogP contribution in [0.5, 0.6) is 11.5 Å². The molecule has 0 radical (unpaired) electrons. The van der Waals surface area contributed by atoms with Gasteiger partial charge in [-0.15, -0.1) is 16.8 Å². The van der Waals surface area contributed by atoms with E-state index in [0.717, 1.165) is 0 Å². The van der Waals surface area contributed by atoms with E-state index in [1.165, 1.54) is 23.9 Å². The number of aromatic nitrogens is 3. The Morgan fingerprint density at radius 2 is 1.94 bits per heavy atom. The van der Waals surface area contributed by atoms with Gasteiger partial charge in [0.1, 0.15) is 5.82 Å². The van der Waals surface area contributed by atoms with Gasteiger partial charge in [-0.2, -0.15) is 0 Å². The van der Waals surface area contributed by atoms with Crippen molar-refractivity contribution in [3.05, 3.63) is 72.8 Å². The van der Waals surface area contributed by atoms with Crippen LogP contribution < -0.4 is 14.8 Å². The van der Waals surface area contributed by atoms with Crippen molar-refractivity contribution in [3.8, 4) is 11.5 Å². The van der Waals surface area contributed by atoms with E-state index in [0.29, 0.717) is 29.0 Å². The molecule has 0 bridgehead atoms. The zero-order valence-electron chi connectivity index (χ0n) is 17.2. The number of para-hydroxylation sites is 3. The monoisotopic (exact) mass is 442 g/mol. The number of amides is 1. The molecule has 0 aliphatic carbocycles. The van der Waals surface area contributed by atoms with E-state index in [2.05, 4.69) is 22.1 Å². The molecule has 3 rings (SSSR count). The number of ether oxygens (including phenoxy) is 2. The summed E-state index contributed by atoms with van der Waals surface area (Å²) in [7, 11) is 1.58. The van der Waals surface area contributed by atoms with Crippen molar-refractivity contribution in [3.63, 3.8) is 0 Å². The highest BCUT2D eigenvalue weighted by Crippen LogP contribution is 2.31. The van der Waals surface area contributed by atoms with E-state index < -0.39 is 11.9 Å². The number of anilines is 1. The van der Waals surface area contributed by atoms with Gasteiger partial charge < -0.3 is 14.8 Å². The number of carbonyl (C=O) groups is 1. The van der Waals surface area contributed by atoms with Gasteiger partial charge in [0.2, 0.25) is 5.91 Å². The second kappa shape index (κ2) is 10.6. The van der Waals surface area contributed by atoms with Gasteiger partial charge in [-0.25, -0.2) is 4.39 Å². The maximum atomic E-state index is 13.7. The van der Waals surface area contributed by atoms with E-state index in [9.17, 15) is 9.18 Å². The molecule has 1 heterocycles. The molecule has 1 amide bonds. The maximum Gasteiger partial charge on any atom is 0.234 e. The Hall–Kier alpha value is -3.33. The molecule has 9 heteroatoms. The summed E-state index contributed by atoms with van der Waals surface area (Å²) < 4.78 is 26.9. The molecule has 162 valence electrons. The van der Waals surface area contributed by atoms with Crippen LogP contribution in [-0.4, -0.2) is 33.5 Å². The Morgan fingerprint density at radius 3 is 2.65 bits per heavy atom. The zero-order valence-corrected chi connectivity index (χ0v) is 18.1. The van der Waals surface area contributed by atoms with E-state index >= 15 is 0 Å². The molecule has 0 aliphatic rings. The Kier molecular flexibility index (Phi) is 7.66. The van der Waals surface area contributed by atoms with Gasteiger partial charge in [0.15, 0.2) is 28.6 Å². The molecular weight excluding hydrogens is 419 g/mol. The third-order valence-corrected chi connectivity index (χ3v) is 5.24. The number of allylic oxidation sites excluding steroid dienone is 1. The van der Waals surface area contributed by atoms with Crippen LogP contribution in [0.15, 0.2) is 66.3 Å². The SMILES string of the molecule is C=CCn1c(SCC(=O)Nc2ccccc2F)nnc1C(C)Oc1ccccc1OC. The summed E-state index contributed by atoms with van der Waals surface area (Å²) in [5.41, 5.74) is 0.139. The molecule has 1 atom stereocenters.